The topological polar surface area (TPSA) is 96.2 Å². The highest BCUT2D eigenvalue weighted by Crippen LogP contribution is 2.28. The molecule has 0 saturated carbocycles. The van der Waals surface area contributed by atoms with Gasteiger partial charge in [-0.05, 0) is 6.07 Å². The Kier molecular flexibility index (Phi) is 1.70. The number of hydrogen-bond acceptors (Lipinski definition) is 4. The van der Waals surface area contributed by atoms with E-state index >= 15 is 0 Å². The van der Waals surface area contributed by atoms with E-state index < -0.39 is 5.91 Å². The molecule has 4 N–H and O–H groups in total. The van der Waals surface area contributed by atoms with Crippen LogP contribution in [0, 0.1) is 0 Å². The maximum Gasteiger partial charge on any atom is 0.267 e. The Morgan fingerprint density at radius 3 is 3.12 bits per heavy atom. The molecule has 0 atom stereocenters. The van der Waals surface area contributed by atoms with Crippen LogP contribution in [-0.2, 0) is 0 Å². The second-order valence-corrected chi connectivity index (χ2v) is 3.54. The van der Waals surface area contributed by atoms with E-state index in [2.05, 4.69) is 20.5 Å². The zero-order valence-electron chi connectivity index (χ0n) is 8.32. The Bertz CT molecular complexity index is 613. The number of carbonyl (C=O) groups is 1. The predicted octanol–water partition coefficient (Wildman–Crippen LogP) is 0.464. The maximum atomic E-state index is 11.1. The molecule has 0 bridgehead atoms. The van der Waals surface area contributed by atoms with Gasteiger partial charge in [-0.3, -0.25) is 14.9 Å². The van der Waals surface area contributed by atoms with Crippen LogP contribution in [0.15, 0.2) is 17.1 Å². The smallest absolute Gasteiger partial charge is 0.267 e. The van der Waals surface area contributed by atoms with Crippen LogP contribution in [0.2, 0.25) is 0 Å². The van der Waals surface area contributed by atoms with Crippen molar-refractivity contribution in [3.8, 4) is 0 Å². The van der Waals surface area contributed by atoms with Crippen LogP contribution in [0.25, 0.3) is 10.9 Å². The first kappa shape index (κ1) is 8.90. The molecular formula is C10H9N5O. The van der Waals surface area contributed by atoms with Gasteiger partial charge in [-0.1, -0.05) is 6.07 Å². The minimum atomic E-state index is -0.507. The number of benzene rings is 1. The van der Waals surface area contributed by atoms with Gasteiger partial charge in [0.15, 0.2) is 0 Å². The van der Waals surface area contributed by atoms with Crippen LogP contribution in [0.1, 0.15) is 16.1 Å². The Labute approximate surface area is 90.5 Å². The molecule has 2 aromatic rings. The lowest BCUT2D eigenvalue weighted by molar-refractivity contribution is 0.0997. The fourth-order valence-electron chi connectivity index (χ4n) is 1.85. The van der Waals surface area contributed by atoms with E-state index in [0.29, 0.717) is 12.4 Å². The van der Waals surface area contributed by atoms with Crippen LogP contribution in [0.5, 0.6) is 0 Å². The van der Waals surface area contributed by atoms with Crippen LogP contribution >= 0.6 is 0 Å². The number of nitrogens with one attached hydrogen (secondary N) is 2. The molecule has 0 aliphatic carbocycles. The average molecular weight is 215 g/mol. The zero-order chi connectivity index (χ0) is 11.1. The van der Waals surface area contributed by atoms with Crippen molar-refractivity contribution in [2.75, 3.05) is 12.0 Å². The Hall–Kier alpha value is -2.37. The molecule has 0 saturated heterocycles. The van der Waals surface area contributed by atoms with Crippen molar-refractivity contribution in [3.05, 3.63) is 23.4 Å². The highest BCUT2D eigenvalue weighted by atomic mass is 16.1. The molecule has 80 valence electrons. The van der Waals surface area contributed by atoms with Crippen molar-refractivity contribution < 1.29 is 4.79 Å². The maximum absolute atomic E-state index is 11.1. The Balaban J connectivity index is 2.34. The number of aromatic amines is 1. The second-order valence-electron chi connectivity index (χ2n) is 3.54. The second kappa shape index (κ2) is 3.06. The quantitative estimate of drug-likeness (QED) is 0.644. The van der Waals surface area contributed by atoms with E-state index in [1.54, 1.807) is 6.21 Å². The molecule has 1 aliphatic heterocycles. The van der Waals surface area contributed by atoms with Gasteiger partial charge in [0.2, 0.25) is 0 Å². The highest BCUT2D eigenvalue weighted by Gasteiger charge is 2.16. The standard InChI is InChI=1S/C10H9N5O/c11-10(16)9-6-2-1-5-3-12-4-13-7(5)8(6)14-15-9/h1-3,13H,4H2,(H2,11,16)(H,14,15). The fraction of sp³-hybridized carbons (Fsp3) is 0.100. The van der Waals surface area contributed by atoms with E-state index in [1.807, 2.05) is 12.1 Å². The molecule has 2 heterocycles. The summed E-state index contributed by atoms with van der Waals surface area (Å²) >= 11 is 0. The number of amides is 1. The van der Waals surface area contributed by atoms with Gasteiger partial charge < -0.3 is 11.1 Å². The number of fused-ring (bicyclic) bond motifs is 3. The van der Waals surface area contributed by atoms with Crippen LogP contribution in [0.4, 0.5) is 5.69 Å². The van der Waals surface area contributed by atoms with Crippen molar-refractivity contribution in [1.82, 2.24) is 10.2 Å². The largest absolute Gasteiger partial charge is 0.364 e. The highest BCUT2D eigenvalue weighted by molar-refractivity contribution is 6.10. The molecule has 6 heteroatoms. The molecule has 0 unspecified atom stereocenters. The van der Waals surface area contributed by atoms with Gasteiger partial charge in [-0.25, -0.2) is 0 Å². The fourth-order valence-corrected chi connectivity index (χ4v) is 1.85. The molecule has 3 rings (SSSR count). The third kappa shape index (κ3) is 1.10. The molecule has 1 aliphatic rings. The molecule has 16 heavy (non-hydrogen) atoms. The third-order valence-electron chi connectivity index (χ3n) is 2.58. The minimum Gasteiger partial charge on any atom is -0.364 e. The number of nitrogens with two attached hydrogens (primary N) is 1. The first-order valence-electron chi connectivity index (χ1n) is 4.82. The summed E-state index contributed by atoms with van der Waals surface area (Å²) < 4.78 is 0. The van der Waals surface area contributed by atoms with Gasteiger partial charge in [0.25, 0.3) is 5.91 Å². The van der Waals surface area contributed by atoms with Crippen molar-refractivity contribution in [3.63, 3.8) is 0 Å². The van der Waals surface area contributed by atoms with E-state index in [4.69, 9.17) is 5.73 Å². The number of hydrogen-bond donors (Lipinski definition) is 3. The van der Waals surface area contributed by atoms with Gasteiger partial charge in [-0.15, -0.1) is 0 Å². The third-order valence-corrected chi connectivity index (χ3v) is 2.58. The number of anilines is 1. The van der Waals surface area contributed by atoms with Gasteiger partial charge in [0, 0.05) is 17.2 Å². The molecule has 0 fully saturated rings. The van der Waals surface area contributed by atoms with Crippen molar-refractivity contribution >= 4 is 28.7 Å². The molecule has 6 nitrogen and oxygen atoms in total. The Morgan fingerprint density at radius 2 is 2.31 bits per heavy atom. The number of aromatic nitrogens is 2. The lowest BCUT2D eigenvalue weighted by Crippen LogP contribution is -2.12. The summed E-state index contributed by atoms with van der Waals surface area (Å²) in [5.41, 5.74) is 8.14. The van der Waals surface area contributed by atoms with Crippen LogP contribution in [0.3, 0.4) is 0 Å². The summed E-state index contributed by atoms with van der Waals surface area (Å²) in [6.45, 7) is 0.519. The predicted molar refractivity (Wildman–Crippen MR) is 60.7 cm³/mol. The van der Waals surface area contributed by atoms with Crippen LogP contribution < -0.4 is 11.1 Å². The number of nitrogens with zero attached hydrogens (tertiary/aromatic N) is 2. The van der Waals surface area contributed by atoms with Gasteiger partial charge in [-0.2, -0.15) is 5.10 Å². The molecule has 0 radical (unpaired) electrons. The molecule has 1 amide bonds. The number of carbonyl (C=O) groups excluding carboxylic acids is 1. The lowest BCUT2D eigenvalue weighted by atomic mass is 10.1. The van der Waals surface area contributed by atoms with Gasteiger partial charge >= 0.3 is 0 Å². The molecule has 0 spiro atoms. The summed E-state index contributed by atoms with van der Waals surface area (Å²) in [6.07, 6.45) is 1.78. The minimum absolute atomic E-state index is 0.335. The Morgan fingerprint density at radius 1 is 1.44 bits per heavy atom. The van der Waals surface area contributed by atoms with Crippen LogP contribution in [-0.4, -0.2) is 29.0 Å². The lowest BCUT2D eigenvalue weighted by Gasteiger charge is -2.12. The number of primary amides is 1. The van der Waals surface area contributed by atoms with Crippen molar-refractivity contribution in [2.24, 2.45) is 10.7 Å². The number of rotatable bonds is 1. The summed E-state index contributed by atoms with van der Waals surface area (Å²) in [6, 6.07) is 3.70. The summed E-state index contributed by atoms with van der Waals surface area (Å²) in [5.74, 6) is -0.507. The van der Waals surface area contributed by atoms with Crippen molar-refractivity contribution in [2.45, 2.75) is 0 Å². The molecule has 1 aromatic heterocycles. The molecule has 1 aromatic carbocycles. The van der Waals surface area contributed by atoms with Crippen molar-refractivity contribution in [1.29, 1.82) is 0 Å². The average Bonchev–Trinajstić information content (AvgIpc) is 2.73. The van der Waals surface area contributed by atoms with E-state index in [-0.39, 0.29) is 0 Å². The normalized spacial score (nSPS) is 13.5. The monoisotopic (exact) mass is 215 g/mol. The number of aliphatic imine (C=N–C) groups is 1. The number of H-pyrrole nitrogens is 1. The first-order valence-corrected chi connectivity index (χ1v) is 4.82. The summed E-state index contributed by atoms with van der Waals surface area (Å²) in [4.78, 5) is 15.2. The van der Waals surface area contributed by atoms with Gasteiger partial charge in [0.05, 0.1) is 5.69 Å². The SMILES string of the molecule is NC(=O)c1[nH]nc2c3c(ccc12)C=NCN3. The van der Waals surface area contributed by atoms with E-state index in [1.165, 1.54) is 0 Å². The van der Waals surface area contributed by atoms with E-state index in [9.17, 15) is 4.79 Å². The first-order chi connectivity index (χ1) is 7.77. The summed E-state index contributed by atoms with van der Waals surface area (Å²) in [5, 5.41) is 10.6. The summed E-state index contributed by atoms with van der Waals surface area (Å²) in [7, 11) is 0. The van der Waals surface area contributed by atoms with E-state index in [0.717, 1.165) is 22.2 Å². The van der Waals surface area contributed by atoms with Gasteiger partial charge in [0.1, 0.15) is 17.9 Å². The molecular weight excluding hydrogens is 206 g/mol. The zero-order valence-corrected chi connectivity index (χ0v) is 8.32.